The molecule has 1 fully saturated rings. The molecular weight excluding hydrogens is 400 g/mol. The molecule has 0 atom stereocenters. The van der Waals surface area contributed by atoms with Crippen molar-refractivity contribution in [2.45, 2.75) is 19.4 Å². The number of carbonyl (C=O) groups is 1. The summed E-state index contributed by atoms with van der Waals surface area (Å²) in [5.74, 6) is -0.263. The highest BCUT2D eigenvalue weighted by Crippen LogP contribution is 2.29. The Bertz CT molecular complexity index is 798. The van der Waals surface area contributed by atoms with Gasteiger partial charge in [0.1, 0.15) is 5.82 Å². The summed E-state index contributed by atoms with van der Waals surface area (Å²) in [6.45, 7) is 4.84. The van der Waals surface area contributed by atoms with Gasteiger partial charge in [0.2, 0.25) is 5.91 Å². The summed E-state index contributed by atoms with van der Waals surface area (Å²) in [6.07, 6.45) is 1.36. The van der Waals surface area contributed by atoms with Crippen molar-refractivity contribution >= 4 is 34.8 Å². The molecule has 2 aromatic rings. The summed E-state index contributed by atoms with van der Waals surface area (Å²) in [4.78, 5) is 16.8. The van der Waals surface area contributed by atoms with E-state index in [9.17, 15) is 9.18 Å². The zero-order valence-electron chi connectivity index (χ0n) is 15.6. The zero-order chi connectivity index (χ0) is 19.9. The first-order valence-corrected chi connectivity index (χ1v) is 10.2. The van der Waals surface area contributed by atoms with Crippen LogP contribution in [0, 0.1) is 5.82 Å². The molecule has 150 valence electrons. The molecular formula is C21H24Cl2FN3O. The summed E-state index contributed by atoms with van der Waals surface area (Å²) in [7, 11) is 0. The largest absolute Gasteiger partial charge is 0.324 e. The standard InChI is InChI=1S/C21H24Cl2FN3O/c22-17-6-3-7-18(23)21(17)25-20(28)9-12-26-10-4-11-27(14-13-26)15-16-5-1-2-8-19(16)24/h1-3,5-8H,4,9-15H2,(H,25,28). The number of amides is 1. The molecule has 1 amide bonds. The maximum atomic E-state index is 13.9. The molecule has 0 aromatic heterocycles. The highest BCUT2D eigenvalue weighted by Gasteiger charge is 2.17. The van der Waals surface area contributed by atoms with Gasteiger partial charge in [-0.3, -0.25) is 9.69 Å². The first-order valence-electron chi connectivity index (χ1n) is 9.45. The SMILES string of the molecule is O=C(CCN1CCCN(Cc2ccccc2F)CC1)Nc1c(Cl)cccc1Cl. The van der Waals surface area contributed by atoms with E-state index in [1.807, 2.05) is 12.1 Å². The number of nitrogens with zero attached hydrogens (tertiary/aromatic N) is 2. The Morgan fingerprint density at radius 1 is 0.964 bits per heavy atom. The fraction of sp³-hybridized carbons (Fsp3) is 0.381. The van der Waals surface area contributed by atoms with Crippen LogP contribution in [0.4, 0.5) is 10.1 Å². The third kappa shape index (κ3) is 5.92. The Balaban J connectivity index is 1.46. The van der Waals surface area contributed by atoms with E-state index in [4.69, 9.17) is 23.2 Å². The van der Waals surface area contributed by atoms with Gasteiger partial charge in [0, 0.05) is 38.2 Å². The number of anilines is 1. The molecule has 1 aliphatic rings. The van der Waals surface area contributed by atoms with Gasteiger partial charge in [-0.2, -0.15) is 0 Å². The second kappa shape index (κ2) is 10.2. The van der Waals surface area contributed by atoms with Crippen molar-refractivity contribution in [2.24, 2.45) is 0 Å². The van der Waals surface area contributed by atoms with Crippen molar-refractivity contribution < 1.29 is 9.18 Å². The number of hydrogen-bond donors (Lipinski definition) is 1. The third-order valence-corrected chi connectivity index (χ3v) is 5.55. The lowest BCUT2D eigenvalue weighted by Crippen LogP contribution is -2.32. The number of nitrogens with one attached hydrogen (secondary N) is 1. The summed E-state index contributed by atoms with van der Waals surface area (Å²) < 4.78 is 13.9. The predicted octanol–water partition coefficient (Wildman–Crippen LogP) is 4.67. The number of rotatable bonds is 6. The molecule has 0 saturated carbocycles. The van der Waals surface area contributed by atoms with Gasteiger partial charge >= 0.3 is 0 Å². The normalized spacial score (nSPS) is 16.0. The quantitative estimate of drug-likeness (QED) is 0.732. The number of halogens is 3. The molecule has 1 aliphatic heterocycles. The average Bonchev–Trinajstić information content (AvgIpc) is 2.90. The van der Waals surface area contributed by atoms with E-state index >= 15 is 0 Å². The topological polar surface area (TPSA) is 35.6 Å². The molecule has 4 nitrogen and oxygen atoms in total. The summed E-state index contributed by atoms with van der Waals surface area (Å²) in [5, 5.41) is 3.66. The first-order chi connectivity index (χ1) is 13.5. The van der Waals surface area contributed by atoms with Gasteiger partial charge in [-0.25, -0.2) is 4.39 Å². The monoisotopic (exact) mass is 423 g/mol. The molecule has 0 aliphatic carbocycles. The van der Waals surface area contributed by atoms with E-state index in [1.165, 1.54) is 6.07 Å². The second-order valence-electron chi connectivity index (χ2n) is 6.96. The van der Waals surface area contributed by atoms with Crippen LogP contribution in [-0.2, 0) is 11.3 Å². The van der Waals surface area contributed by atoms with Gasteiger partial charge in [-0.05, 0) is 37.7 Å². The van der Waals surface area contributed by atoms with Crippen molar-refractivity contribution in [3.8, 4) is 0 Å². The van der Waals surface area contributed by atoms with Crippen LogP contribution in [0.1, 0.15) is 18.4 Å². The molecule has 0 bridgehead atoms. The smallest absolute Gasteiger partial charge is 0.225 e. The molecule has 2 aromatic carbocycles. The fourth-order valence-electron chi connectivity index (χ4n) is 3.35. The molecule has 1 N–H and O–H groups in total. The van der Waals surface area contributed by atoms with E-state index in [2.05, 4.69) is 15.1 Å². The van der Waals surface area contributed by atoms with Crippen molar-refractivity contribution in [3.05, 3.63) is 63.9 Å². The third-order valence-electron chi connectivity index (χ3n) is 4.92. The Hall–Kier alpha value is -1.66. The van der Waals surface area contributed by atoms with Gasteiger partial charge in [0.25, 0.3) is 0 Å². The second-order valence-corrected chi connectivity index (χ2v) is 7.77. The van der Waals surface area contributed by atoms with E-state index in [0.717, 1.165) is 38.2 Å². The predicted molar refractivity (Wildman–Crippen MR) is 112 cm³/mol. The molecule has 7 heteroatoms. The molecule has 0 radical (unpaired) electrons. The Kier molecular flexibility index (Phi) is 7.68. The van der Waals surface area contributed by atoms with E-state index in [1.54, 1.807) is 24.3 Å². The lowest BCUT2D eigenvalue weighted by Gasteiger charge is -2.22. The van der Waals surface area contributed by atoms with Gasteiger partial charge in [0.05, 0.1) is 15.7 Å². The first kappa shape index (κ1) is 21.1. The molecule has 0 unspecified atom stereocenters. The van der Waals surface area contributed by atoms with E-state index < -0.39 is 0 Å². The minimum atomic E-state index is -0.154. The zero-order valence-corrected chi connectivity index (χ0v) is 17.1. The molecule has 3 rings (SSSR count). The maximum Gasteiger partial charge on any atom is 0.225 e. The van der Waals surface area contributed by atoms with E-state index in [0.29, 0.717) is 35.2 Å². The molecule has 1 saturated heterocycles. The van der Waals surface area contributed by atoms with Crippen LogP contribution in [0.25, 0.3) is 0 Å². The van der Waals surface area contributed by atoms with Gasteiger partial charge in [-0.1, -0.05) is 47.5 Å². The van der Waals surface area contributed by atoms with Crippen LogP contribution in [0.2, 0.25) is 10.0 Å². The summed E-state index contributed by atoms with van der Waals surface area (Å²) in [6, 6.07) is 12.1. The van der Waals surface area contributed by atoms with Crippen LogP contribution in [0.15, 0.2) is 42.5 Å². The Labute approximate surface area is 175 Å². The minimum absolute atomic E-state index is 0.109. The molecule has 1 heterocycles. The highest BCUT2D eigenvalue weighted by molar-refractivity contribution is 6.39. The van der Waals surface area contributed by atoms with Gasteiger partial charge < -0.3 is 10.2 Å². The van der Waals surface area contributed by atoms with Crippen LogP contribution in [0.5, 0.6) is 0 Å². The van der Waals surface area contributed by atoms with Crippen molar-refractivity contribution in [3.63, 3.8) is 0 Å². The van der Waals surface area contributed by atoms with Crippen molar-refractivity contribution in [1.29, 1.82) is 0 Å². The van der Waals surface area contributed by atoms with Gasteiger partial charge in [-0.15, -0.1) is 0 Å². The Morgan fingerprint density at radius 3 is 2.39 bits per heavy atom. The molecule has 28 heavy (non-hydrogen) atoms. The van der Waals surface area contributed by atoms with E-state index in [-0.39, 0.29) is 11.7 Å². The van der Waals surface area contributed by atoms with Crippen LogP contribution < -0.4 is 5.32 Å². The fourth-order valence-corrected chi connectivity index (χ4v) is 3.84. The van der Waals surface area contributed by atoms with Crippen LogP contribution in [-0.4, -0.2) is 48.4 Å². The summed E-state index contributed by atoms with van der Waals surface area (Å²) in [5.41, 5.74) is 1.19. The number of benzene rings is 2. The Morgan fingerprint density at radius 2 is 1.64 bits per heavy atom. The van der Waals surface area contributed by atoms with Gasteiger partial charge in [0.15, 0.2) is 0 Å². The van der Waals surface area contributed by atoms with Crippen LogP contribution >= 0.6 is 23.2 Å². The maximum absolute atomic E-state index is 13.9. The van der Waals surface area contributed by atoms with Crippen molar-refractivity contribution in [2.75, 3.05) is 38.0 Å². The van der Waals surface area contributed by atoms with Crippen LogP contribution in [0.3, 0.4) is 0 Å². The number of para-hydroxylation sites is 1. The van der Waals surface area contributed by atoms with Crippen molar-refractivity contribution in [1.82, 2.24) is 9.80 Å². The highest BCUT2D eigenvalue weighted by atomic mass is 35.5. The minimum Gasteiger partial charge on any atom is -0.324 e. The number of hydrogen-bond acceptors (Lipinski definition) is 3. The number of carbonyl (C=O) groups excluding carboxylic acids is 1. The summed E-state index contributed by atoms with van der Waals surface area (Å²) >= 11 is 12.2. The lowest BCUT2D eigenvalue weighted by atomic mass is 10.2. The average molecular weight is 424 g/mol. The molecule has 0 spiro atoms. The lowest BCUT2D eigenvalue weighted by molar-refractivity contribution is -0.116.